The van der Waals surface area contributed by atoms with Crippen LogP contribution in [0, 0.1) is 0 Å². The van der Waals surface area contributed by atoms with Gasteiger partial charge in [-0.05, 0) is 24.6 Å². The van der Waals surface area contributed by atoms with Gasteiger partial charge in [0.1, 0.15) is 0 Å². The van der Waals surface area contributed by atoms with E-state index in [9.17, 15) is 9.90 Å². The Balaban J connectivity index is 2.04. The zero-order valence-corrected chi connectivity index (χ0v) is 9.40. The third kappa shape index (κ3) is 4.95. The molecular weight excluding hydrogens is 208 g/mol. The van der Waals surface area contributed by atoms with E-state index in [2.05, 4.69) is 15.0 Å². The van der Waals surface area contributed by atoms with Gasteiger partial charge in [-0.15, -0.1) is 0 Å². The molecule has 0 aliphatic heterocycles. The van der Waals surface area contributed by atoms with Gasteiger partial charge in [-0.1, -0.05) is 0 Å². The van der Waals surface area contributed by atoms with Crippen LogP contribution in [0.15, 0.2) is 18.5 Å². The minimum absolute atomic E-state index is 0.0354. The molecule has 0 amide bonds. The van der Waals surface area contributed by atoms with Gasteiger partial charge in [0.15, 0.2) is 0 Å². The van der Waals surface area contributed by atoms with Crippen LogP contribution in [-0.4, -0.2) is 42.4 Å². The van der Waals surface area contributed by atoms with Crippen LogP contribution in [0.1, 0.15) is 12.0 Å². The molecule has 1 aromatic rings. The first-order valence-corrected chi connectivity index (χ1v) is 5.29. The third-order valence-electron chi connectivity index (χ3n) is 2.26. The molecule has 3 N–H and O–H groups in total. The highest BCUT2D eigenvalue weighted by Crippen LogP contribution is 1.96. The third-order valence-corrected chi connectivity index (χ3v) is 2.26. The molecule has 0 radical (unpaired) electrons. The molecule has 0 aromatic carbocycles. The molecule has 0 saturated heterocycles. The monoisotopic (exact) mass is 226 g/mol. The topological polar surface area (TPSA) is 74.3 Å². The molecule has 1 heterocycles. The fourth-order valence-corrected chi connectivity index (χ4v) is 1.36. The van der Waals surface area contributed by atoms with Crippen molar-refractivity contribution in [3.8, 4) is 0 Å². The summed E-state index contributed by atoms with van der Waals surface area (Å²) in [5.41, 5.74) is 1.22. The lowest BCUT2D eigenvalue weighted by Crippen LogP contribution is -2.30. The van der Waals surface area contributed by atoms with Crippen LogP contribution in [0.2, 0.25) is 0 Å². The van der Waals surface area contributed by atoms with Crippen molar-refractivity contribution in [1.29, 1.82) is 0 Å². The molecule has 5 heteroatoms. The predicted octanol–water partition coefficient (Wildman–Crippen LogP) is 0.0708. The molecule has 5 nitrogen and oxygen atoms in total. The first-order chi connectivity index (χ1) is 7.72. The highest BCUT2D eigenvalue weighted by Gasteiger charge is 2.09. The van der Waals surface area contributed by atoms with Crippen LogP contribution < -0.4 is 5.32 Å². The number of rotatable bonds is 7. The molecule has 0 aliphatic rings. The summed E-state index contributed by atoms with van der Waals surface area (Å²) < 4.78 is 4.46. The molecule has 0 bridgehead atoms. The van der Waals surface area contributed by atoms with Gasteiger partial charge in [0.2, 0.25) is 0 Å². The second-order valence-corrected chi connectivity index (χ2v) is 3.61. The molecule has 1 rings (SSSR count). The minimum atomic E-state index is -0.682. The van der Waals surface area contributed by atoms with Crippen LogP contribution in [0.25, 0.3) is 0 Å². The summed E-state index contributed by atoms with van der Waals surface area (Å²) in [4.78, 5) is 13.8. The molecule has 0 fully saturated rings. The number of carbonyl (C=O) groups excluding carboxylic acids is 1. The summed E-state index contributed by atoms with van der Waals surface area (Å²) >= 11 is 0. The maximum atomic E-state index is 10.8. The van der Waals surface area contributed by atoms with E-state index in [1.54, 1.807) is 0 Å². The van der Waals surface area contributed by atoms with Gasteiger partial charge < -0.3 is 20.1 Å². The molecular formula is C11H18N2O3. The number of methoxy groups -OCH3 is 1. The second-order valence-electron chi connectivity index (χ2n) is 3.61. The average Bonchev–Trinajstić information content (AvgIpc) is 2.77. The first kappa shape index (κ1) is 12.7. The van der Waals surface area contributed by atoms with Crippen molar-refractivity contribution in [3.05, 3.63) is 24.0 Å². The fourth-order valence-electron chi connectivity index (χ4n) is 1.36. The number of H-pyrrole nitrogens is 1. The molecule has 16 heavy (non-hydrogen) atoms. The lowest BCUT2D eigenvalue weighted by Gasteiger charge is -2.10. The highest BCUT2D eigenvalue weighted by atomic mass is 16.5. The summed E-state index contributed by atoms with van der Waals surface area (Å²) in [7, 11) is 1.31. The molecule has 0 aliphatic carbocycles. The molecule has 90 valence electrons. The Kier molecular flexibility index (Phi) is 5.60. The maximum absolute atomic E-state index is 10.8. The van der Waals surface area contributed by atoms with Gasteiger partial charge in [-0.3, -0.25) is 4.79 Å². The van der Waals surface area contributed by atoms with E-state index in [0.717, 1.165) is 13.0 Å². The van der Waals surface area contributed by atoms with Crippen LogP contribution in [0.3, 0.4) is 0 Å². The number of carbonyl (C=O) groups is 1. The van der Waals surface area contributed by atoms with E-state index in [4.69, 9.17) is 0 Å². The number of hydrogen-bond donors (Lipinski definition) is 3. The van der Waals surface area contributed by atoms with Crippen molar-refractivity contribution >= 4 is 5.97 Å². The Morgan fingerprint density at radius 2 is 2.50 bits per heavy atom. The number of aromatic nitrogens is 1. The van der Waals surface area contributed by atoms with Crippen LogP contribution in [0.5, 0.6) is 0 Å². The van der Waals surface area contributed by atoms with Crippen molar-refractivity contribution in [2.45, 2.75) is 18.9 Å². The van der Waals surface area contributed by atoms with E-state index in [0.29, 0.717) is 6.54 Å². The Morgan fingerprint density at radius 1 is 1.69 bits per heavy atom. The van der Waals surface area contributed by atoms with E-state index < -0.39 is 6.10 Å². The average molecular weight is 226 g/mol. The van der Waals surface area contributed by atoms with Gasteiger partial charge in [0.05, 0.1) is 19.6 Å². The minimum Gasteiger partial charge on any atom is -0.469 e. The Bertz CT molecular complexity index is 298. The smallest absolute Gasteiger partial charge is 0.308 e. The van der Waals surface area contributed by atoms with Crippen LogP contribution >= 0.6 is 0 Å². The van der Waals surface area contributed by atoms with Gasteiger partial charge in [0, 0.05) is 18.9 Å². The summed E-state index contributed by atoms with van der Waals surface area (Å²) in [6.07, 6.45) is 4.06. The predicted molar refractivity (Wildman–Crippen MR) is 60.0 cm³/mol. The van der Waals surface area contributed by atoms with Crippen molar-refractivity contribution in [2.24, 2.45) is 0 Å². The Morgan fingerprint density at radius 3 is 3.12 bits per heavy atom. The number of hydrogen-bond acceptors (Lipinski definition) is 4. The standard InChI is InChI=1S/C11H18N2O3/c1-16-11(15)6-10(14)8-13-5-3-9-2-4-12-7-9/h2,4,7,10,12-14H,3,5-6,8H2,1H3. The molecule has 1 atom stereocenters. The number of ether oxygens (including phenoxy) is 1. The number of aliphatic hydroxyl groups is 1. The molecule has 0 saturated carbocycles. The number of aliphatic hydroxyl groups excluding tert-OH is 1. The van der Waals surface area contributed by atoms with E-state index in [-0.39, 0.29) is 12.4 Å². The quantitative estimate of drug-likeness (QED) is 0.454. The summed E-state index contributed by atoms with van der Waals surface area (Å²) in [6.45, 7) is 1.18. The highest BCUT2D eigenvalue weighted by molar-refractivity contribution is 5.69. The summed E-state index contributed by atoms with van der Waals surface area (Å²) in [5.74, 6) is -0.389. The van der Waals surface area contributed by atoms with Crippen molar-refractivity contribution in [2.75, 3.05) is 20.2 Å². The van der Waals surface area contributed by atoms with Gasteiger partial charge in [0.25, 0.3) is 0 Å². The molecule has 0 spiro atoms. The van der Waals surface area contributed by atoms with Gasteiger partial charge in [-0.25, -0.2) is 0 Å². The first-order valence-electron chi connectivity index (χ1n) is 5.29. The molecule has 1 unspecified atom stereocenters. The van der Waals surface area contributed by atoms with Crippen molar-refractivity contribution in [3.63, 3.8) is 0 Å². The zero-order chi connectivity index (χ0) is 11.8. The Labute approximate surface area is 94.8 Å². The van der Waals surface area contributed by atoms with Crippen molar-refractivity contribution < 1.29 is 14.6 Å². The SMILES string of the molecule is COC(=O)CC(O)CNCCc1cc[nH]c1. The van der Waals surface area contributed by atoms with E-state index >= 15 is 0 Å². The normalized spacial score (nSPS) is 12.4. The lowest BCUT2D eigenvalue weighted by atomic mass is 10.2. The van der Waals surface area contributed by atoms with E-state index in [1.165, 1.54) is 12.7 Å². The lowest BCUT2D eigenvalue weighted by molar-refractivity contribution is -0.142. The van der Waals surface area contributed by atoms with Gasteiger partial charge >= 0.3 is 5.97 Å². The number of nitrogens with one attached hydrogen (secondary N) is 2. The second kappa shape index (κ2) is 7.03. The number of esters is 1. The molecule has 1 aromatic heterocycles. The van der Waals surface area contributed by atoms with Crippen molar-refractivity contribution in [1.82, 2.24) is 10.3 Å². The summed E-state index contributed by atoms with van der Waals surface area (Å²) in [6, 6.07) is 2.01. The number of aromatic amines is 1. The summed E-state index contributed by atoms with van der Waals surface area (Å²) in [5, 5.41) is 12.5. The van der Waals surface area contributed by atoms with Gasteiger partial charge in [-0.2, -0.15) is 0 Å². The van der Waals surface area contributed by atoms with Crippen LogP contribution in [-0.2, 0) is 16.0 Å². The fraction of sp³-hybridized carbons (Fsp3) is 0.545. The van der Waals surface area contributed by atoms with E-state index in [1.807, 2.05) is 18.5 Å². The van der Waals surface area contributed by atoms with Crippen LogP contribution in [0.4, 0.5) is 0 Å². The Hall–Kier alpha value is -1.33. The largest absolute Gasteiger partial charge is 0.469 e. The maximum Gasteiger partial charge on any atom is 0.308 e. The zero-order valence-electron chi connectivity index (χ0n) is 9.40.